The van der Waals surface area contributed by atoms with Crippen molar-refractivity contribution in [3.8, 4) is 0 Å². The lowest BCUT2D eigenvalue weighted by Gasteiger charge is -2.18. The summed E-state index contributed by atoms with van der Waals surface area (Å²) in [5, 5.41) is 15.3. The number of hydrogen-bond donors (Lipinski definition) is 2. The van der Waals surface area contributed by atoms with Gasteiger partial charge in [-0.2, -0.15) is 4.98 Å². The number of nitrogens with zero attached hydrogens (tertiary/aromatic N) is 3. The van der Waals surface area contributed by atoms with E-state index in [1.807, 2.05) is 13.8 Å². The molecule has 0 aliphatic heterocycles. The molecule has 2 aromatic heterocycles. The monoisotopic (exact) mass is 290 g/mol. The Kier molecular flexibility index (Phi) is 4.27. The van der Waals surface area contributed by atoms with Crippen LogP contribution < -0.4 is 5.32 Å². The molecule has 2 rings (SSSR count). The summed E-state index contributed by atoms with van der Waals surface area (Å²) < 4.78 is 4.68. The molecule has 0 fully saturated rings. The second-order valence-corrected chi connectivity index (χ2v) is 4.72. The fourth-order valence-corrected chi connectivity index (χ4v) is 1.72. The highest BCUT2D eigenvalue weighted by Crippen LogP contribution is 2.18. The van der Waals surface area contributed by atoms with Gasteiger partial charge in [0.1, 0.15) is 5.69 Å². The molecule has 0 aliphatic carbocycles. The Morgan fingerprint density at radius 2 is 2.05 bits per heavy atom. The van der Waals surface area contributed by atoms with E-state index in [1.54, 1.807) is 0 Å². The summed E-state index contributed by atoms with van der Waals surface area (Å²) in [5.74, 6) is -1.11. The van der Waals surface area contributed by atoms with Gasteiger partial charge in [0.2, 0.25) is 6.39 Å². The van der Waals surface area contributed by atoms with Crippen molar-refractivity contribution in [3.05, 3.63) is 41.8 Å². The molecule has 8 heteroatoms. The zero-order chi connectivity index (χ0) is 15.4. The van der Waals surface area contributed by atoms with Crippen molar-refractivity contribution in [2.24, 2.45) is 5.92 Å². The molecular weight excluding hydrogens is 276 g/mol. The number of rotatable bonds is 5. The molecule has 1 amide bonds. The highest BCUT2D eigenvalue weighted by Gasteiger charge is 2.23. The van der Waals surface area contributed by atoms with Gasteiger partial charge in [-0.25, -0.2) is 4.79 Å². The summed E-state index contributed by atoms with van der Waals surface area (Å²) in [6.45, 7) is 3.81. The molecule has 8 nitrogen and oxygen atoms in total. The Labute approximate surface area is 120 Å². The van der Waals surface area contributed by atoms with Crippen molar-refractivity contribution >= 4 is 11.9 Å². The fraction of sp³-hybridized carbons (Fsp3) is 0.308. The summed E-state index contributed by atoms with van der Waals surface area (Å²) in [5.41, 5.74) is 0.138. The van der Waals surface area contributed by atoms with Gasteiger partial charge in [-0.15, -0.1) is 0 Å². The molecule has 0 radical (unpaired) electrons. The topological polar surface area (TPSA) is 118 Å². The lowest BCUT2D eigenvalue weighted by atomic mass is 10.0. The largest absolute Gasteiger partial charge is 0.478 e. The number of amides is 1. The van der Waals surface area contributed by atoms with Gasteiger partial charge in [0.05, 0.1) is 11.6 Å². The zero-order valence-electron chi connectivity index (χ0n) is 11.5. The Balaban J connectivity index is 2.14. The third-order valence-electron chi connectivity index (χ3n) is 2.85. The van der Waals surface area contributed by atoms with Crippen LogP contribution in [0.15, 0.2) is 29.2 Å². The number of aromatic carboxylic acids is 1. The minimum Gasteiger partial charge on any atom is -0.478 e. The molecule has 2 heterocycles. The van der Waals surface area contributed by atoms with E-state index in [0.29, 0.717) is 5.82 Å². The van der Waals surface area contributed by atoms with Crippen molar-refractivity contribution in [1.82, 2.24) is 20.4 Å². The number of carbonyl (C=O) groups is 2. The van der Waals surface area contributed by atoms with Crippen molar-refractivity contribution < 1.29 is 19.2 Å². The van der Waals surface area contributed by atoms with Crippen LogP contribution >= 0.6 is 0 Å². The average molecular weight is 290 g/mol. The van der Waals surface area contributed by atoms with E-state index in [0.717, 1.165) is 6.20 Å². The molecule has 0 bridgehead atoms. The van der Waals surface area contributed by atoms with Gasteiger partial charge in [0, 0.05) is 6.20 Å². The maximum atomic E-state index is 12.1. The van der Waals surface area contributed by atoms with Gasteiger partial charge in [0.25, 0.3) is 5.91 Å². The third kappa shape index (κ3) is 3.41. The predicted molar refractivity (Wildman–Crippen MR) is 70.5 cm³/mol. The maximum Gasteiger partial charge on any atom is 0.337 e. The van der Waals surface area contributed by atoms with Crippen molar-refractivity contribution in [1.29, 1.82) is 0 Å². The smallest absolute Gasteiger partial charge is 0.337 e. The Hall–Kier alpha value is -2.77. The molecule has 1 unspecified atom stereocenters. The van der Waals surface area contributed by atoms with Gasteiger partial charge in [-0.1, -0.05) is 19.0 Å². The van der Waals surface area contributed by atoms with Crippen molar-refractivity contribution in [2.45, 2.75) is 19.9 Å². The first kappa shape index (κ1) is 14.6. The first-order chi connectivity index (χ1) is 9.99. The molecule has 0 aliphatic rings. The van der Waals surface area contributed by atoms with Gasteiger partial charge >= 0.3 is 5.97 Å². The highest BCUT2D eigenvalue weighted by atomic mass is 16.5. The number of pyridine rings is 1. The van der Waals surface area contributed by atoms with E-state index in [1.165, 1.54) is 18.5 Å². The van der Waals surface area contributed by atoms with Gasteiger partial charge in [-0.05, 0) is 18.1 Å². The molecule has 0 spiro atoms. The van der Waals surface area contributed by atoms with Crippen LogP contribution in [-0.4, -0.2) is 32.1 Å². The molecule has 1 atom stereocenters. The summed E-state index contributed by atoms with van der Waals surface area (Å²) in [6.07, 6.45) is 2.33. The molecule has 0 saturated carbocycles. The second kappa shape index (κ2) is 6.12. The first-order valence-electron chi connectivity index (χ1n) is 6.25. The number of carboxylic acids is 1. The number of hydrogen-bond acceptors (Lipinski definition) is 6. The lowest BCUT2D eigenvalue weighted by Crippen LogP contribution is -2.33. The van der Waals surface area contributed by atoms with Gasteiger partial charge in [-0.3, -0.25) is 9.78 Å². The quantitative estimate of drug-likeness (QED) is 0.851. The number of carbonyl (C=O) groups excluding carboxylic acids is 1. The minimum absolute atomic E-state index is 0.0186. The summed E-state index contributed by atoms with van der Waals surface area (Å²) in [4.78, 5) is 30.6. The summed E-state index contributed by atoms with van der Waals surface area (Å²) >= 11 is 0. The SMILES string of the molecule is CC(C)C(NC(=O)c1ccc(C(=O)O)cn1)c1ncon1. The molecule has 2 aromatic rings. The normalized spacial score (nSPS) is 12.1. The maximum absolute atomic E-state index is 12.1. The molecule has 0 saturated heterocycles. The highest BCUT2D eigenvalue weighted by molar-refractivity contribution is 5.93. The van der Waals surface area contributed by atoms with Crippen LogP contribution in [0.3, 0.4) is 0 Å². The van der Waals surface area contributed by atoms with Crippen LogP contribution in [0.5, 0.6) is 0 Å². The number of nitrogens with one attached hydrogen (secondary N) is 1. The molecule has 2 N–H and O–H groups in total. The van der Waals surface area contributed by atoms with E-state index in [4.69, 9.17) is 5.11 Å². The van der Waals surface area contributed by atoms with Crippen LogP contribution in [0.1, 0.15) is 46.6 Å². The Morgan fingerprint density at radius 1 is 1.29 bits per heavy atom. The number of carboxylic acid groups (broad SMARTS) is 1. The zero-order valence-corrected chi connectivity index (χ0v) is 11.5. The van der Waals surface area contributed by atoms with E-state index in [-0.39, 0.29) is 17.2 Å². The minimum atomic E-state index is -1.10. The standard InChI is InChI=1S/C13H14N4O4/c1-7(2)10(11-15-6-21-17-11)16-12(18)9-4-3-8(5-14-9)13(19)20/h3-7,10H,1-2H3,(H,16,18)(H,19,20). The number of aromatic nitrogens is 3. The molecule has 0 aromatic carbocycles. The van der Waals surface area contributed by atoms with Crippen LogP contribution in [0.4, 0.5) is 0 Å². The third-order valence-corrected chi connectivity index (χ3v) is 2.85. The van der Waals surface area contributed by atoms with E-state index >= 15 is 0 Å². The summed E-state index contributed by atoms with van der Waals surface area (Å²) in [6, 6.07) is 2.26. The van der Waals surface area contributed by atoms with E-state index in [2.05, 4.69) is 25.0 Å². The Bertz CT molecular complexity index is 622. The van der Waals surface area contributed by atoms with Gasteiger partial charge < -0.3 is 14.9 Å². The second-order valence-electron chi connectivity index (χ2n) is 4.72. The van der Waals surface area contributed by atoms with Gasteiger partial charge in [0.15, 0.2) is 5.82 Å². The van der Waals surface area contributed by atoms with Crippen LogP contribution in [-0.2, 0) is 0 Å². The fourth-order valence-electron chi connectivity index (χ4n) is 1.72. The average Bonchev–Trinajstić information content (AvgIpc) is 2.98. The van der Waals surface area contributed by atoms with Crippen LogP contribution in [0, 0.1) is 5.92 Å². The lowest BCUT2D eigenvalue weighted by molar-refractivity contribution is 0.0695. The van der Waals surface area contributed by atoms with E-state index < -0.39 is 17.9 Å². The summed E-state index contributed by atoms with van der Waals surface area (Å²) in [7, 11) is 0. The Morgan fingerprint density at radius 3 is 2.52 bits per heavy atom. The van der Waals surface area contributed by atoms with Crippen molar-refractivity contribution in [2.75, 3.05) is 0 Å². The molecule has 110 valence electrons. The van der Waals surface area contributed by atoms with Crippen molar-refractivity contribution in [3.63, 3.8) is 0 Å². The van der Waals surface area contributed by atoms with E-state index in [9.17, 15) is 9.59 Å². The predicted octanol–water partition coefficient (Wildman–Crippen LogP) is 1.29. The molecular formula is C13H14N4O4. The van der Waals surface area contributed by atoms with Crippen LogP contribution in [0.2, 0.25) is 0 Å². The van der Waals surface area contributed by atoms with Crippen LogP contribution in [0.25, 0.3) is 0 Å². The first-order valence-corrected chi connectivity index (χ1v) is 6.25. The molecule has 21 heavy (non-hydrogen) atoms.